The molecule has 0 aromatic rings. The van der Waals surface area contributed by atoms with Crippen molar-refractivity contribution in [3.05, 3.63) is 0 Å². The third-order valence-electron chi connectivity index (χ3n) is 4.57. The fourth-order valence-corrected chi connectivity index (χ4v) is 3.50. The molecule has 0 aromatic carbocycles. The van der Waals surface area contributed by atoms with Gasteiger partial charge in [0.1, 0.15) is 0 Å². The van der Waals surface area contributed by atoms with Gasteiger partial charge < -0.3 is 10.2 Å². The van der Waals surface area contributed by atoms with Gasteiger partial charge in [-0.1, -0.05) is 19.3 Å². The lowest BCUT2D eigenvalue weighted by atomic mass is 9.84. The molecule has 2 unspecified atom stereocenters. The van der Waals surface area contributed by atoms with Crippen LogP contribution in [0.2, 0.25) is 0 Å². The Kier molecular flexibility index (Phi) is 5.04. The Morgan fingerprint density at radius 1 is 1.22 bits per heavy atom. The molecule has 1 saturated heterocycles. The molecule has 1 aliphatic heterocycles. The first-order chi connectivity index (χ1) is 8.66. The van der Waals surface area contributed by atoms with E-state index < -0.39 is 0 Å². The van der Waals surface area contributed by atoms with Crippen LogP contribution in [0.5, 0.6) is 0 Å². The molecule has 0 aromatic heterocycles. The molecule has 2 aliphatic rings. The number of carbonyl (C=O) groups excluding carboxylic acids is 1. The standard InChI is InChI=1S/C15H28N2O/c1-12(11-17-10-6-9-15(17)18)16-13(2)14-7-4-3-5-8-14/h12-14,16H,3-11H2,1-2H3. The van der Waals surface area contributed by atoms with Crippen LogP contribution in [0.3, 0.4) is 0 Å². The van der Waals surface area contributed by atoms with Crippen molar-refractivity contribution in [2.24, 2.45) is 5.92 Å². The summed E-state index contributed by atoms with van der Waals surface area (Å²) in [6.45, 7) is 6.38. The van der Waals surface area contributed by atoms with E-state index in [0.29, 0.717) is 18.0 Å². The number of likely N-dealkylation sites (tertiary alicyclic amines) is 1. The summed E-state index contributed by atoms with van der Waals surface area (Å²) in [7, 11) is 0. The molecule has 3 nitrogen and oxygen atoms in total. The van der Waals surface area contributed by atoms with Gasteiger partial charge >= 0.3 is 0 Å². The quantitative estimate of drug-likeness (QED) is 0.815. The third kappa shape index (κ3) is 3.71. The van der Waals surface area contributed by atoms with E-state index in [0.717, 1.165) is 31.8 Å². The van der Waals surface area contributed by atoms with Crippen molar-refractivity contribution in [3.8, 4) is 0 Å². The zero-order chi connectivity index (χ0) is 13.0. The Morgan fingerprint density at radius 2 is 1.94 bits per heavy atom. The van der Waals surface area contributed by atoms with E-state index in [9.17, 15) is 4.79 Å². The van der Waals surface area contributed by atoms with Crippen LogP contribution in [-0.2, 0) is 4.79 Å². The summed E-state index contributed by atoms with van der Waals surface area (Å²) >= 11 is 0. The molecular formula is C15H28N2O. The maximum atomic E-state index is 11.6. The molecule has 1 saturated carbocycles. The molecule has 0 bridgehead atoms. The predicted molar refractivity (Wildman–Crippen MR) is 74.4 cm³/mol. The van der Waals surface area contributed by atoms with E-state index in [-0.39, 0.29) is 0 Å². The number of nitrogens with one attached hydrogen (secondary N) is 1. The highest BCUT2D eigenvalue weighted by Gasteiger charge is 2.24. The summed E-state index contributed by atoms with van der Waals surface area (Å²) in [6.07, 6.45) is 8.77. The minimum absolute atomic E-state index is 0.342. The van der Waals surface area contributed by atoms with Gasteiger partial charge in [-0.2, -0.15) is 0 Å². The van der Waals surface area contributed by atoms with Gasteiger partial charge in [-0.25, -0.2) is 0 Å². The number of amides is 1. The number of hydrogen-bond acceptors (Lipinski definition) is 2. The molecule has 1 N–H and O–H groups in total. The van der Waals surface area contributed by atoms with Crippen molar-refractivity contribution in [3.63, 3.8) is 0 Å². The normalized spacial score (nSPS) is 25.4. The van der Waals surface area contributed by atoms with Crippen LogP contribution in [0, 0.1) is 5.92 Å². The molecule has 0 spiro atoms. The molecule has 1 heterocycles. The van der Waals surface area contributed by atoms with Crippen molar-refractivity contribution < 1.29 is 4.79 Å². The van der Waals surface area contributed by atoms with E-state index >= 15 is 0 Å². The summed E-state index contributed by atoms with van der Waals surface area (Å²) in [5.74, 6) is 1.18. The second kappa shape index (κ2) is 6.55. The van der Waals surface area contributed by atoms with Crippen LogP contribution in [0.4, 0.5) is 0 Å². The SMILES string of the molecule is CC(CN1CCCC1=O)NC(C)C1CCCCC1. The van der Waals surface area contributed by atoms with Crippen molar-refractivity contribution in [1.29, 1.82) is 0 Å². The molecule has 2 fully saturated rings. The molecule has 0 radical (unpaired) electrons. The second-order valence-corrected chi connectivity index (χ2v) is 6.20. The molecule has 2 rings (SSSR count). The number of carbonyl (C=O) groups is 1. The van der Waals surface area contributed by atoms with Crippen LogP contribution in [0.15, 0.2) is 0 Å². The lowest BCUT2D eigenvalue weighted by molar-refractivity contribution is -0.128. The van der Waals surface area contributed by atoms with E-state index in [4.69, 9.17) is 0 Å². The van der Waals surface area contributed by atoms with Crippen molar-refractivity contribution >= 4 is 5.91 Å². The molecule has 1 aliphatic carbocycles. The molecule has 3 heteroatoms. The number of nitrogens with zero attached hydrogens (tertiary/aromatic N) is 1. The van der Waals surface area contributed by atoms with Gasteiger partial charge in [-0.3, -0.25) is 4.79 Å². The molecular weight excluding hydrogens is 224 g/mol. The van der Waals surface area contributed by atoms with E-state index in [1.807, 2.05) is 4.90 Å². The molecule has 2 atom stereocenters. The van der Waals surface area contributed by atoms with E-state index in [1.54, 1.807) is 0 Å². The first-order valence-electron chi connectivity index (χ1n) is 7.70. The predicted octanol–water partition coefficient (Wildman–Crippen LogP) is 2.56. The summed E-state index contributed by atoms with van der Waals surface area (Å²) in [5.41, 5.74) is 0. The summed E-state index contributed by atoms with van der Waals surface area (Å²) in [4.78, 5) is 13.6. The minimum atomic E-state index is 0.342. The van der Waals surface area contributed by atoms with Crippen LogP contribution >= 0.6 is 0 Å². The average Bonchev–Trinajstić information content (AvgIpc) is 2.76. The van der Waals surface area contributed by atoms with Gasteiger partial charge in [0.25, 0.3) is 0 Å². The Hall–Kier alpha value is -0.570. The molecule has 104 valence electrons. The first-order valence-corrected chi connectivity index (χ1v) is 7.70. The van der Waals surface area contributed by atoms with E-state index in [2.05, 4.69) is 19.2 Å². The van der Waals surface area contributed by atoms with Crippen LogP contribution in [-0.4, -0.2) is 36.0 Å². The highest BCUT2D eigenvalue weighted by molar-refractivity contribution is 5.78. The zero-order valence-corrected chi connectivity index (χ0v) is 12.0. The first kappa shape index (κ1) is 13.9. The third-order valence-corrected chi connectivity index (χ3v) is 4.57. The topological polar surface area (TPSA) is 32.3 Å². The largest absolute Gasteiger partial charge is 0.341 e. The molecule has 18 heavy (non-hydrogen) atoms. The highest BCUT2D eigenvalue weighted by Crippen LogP contribution is 2.26. The van der Waals surface area contributed by atoms with Crippen molar-refractivity contribution in [1.82, 2.24) is 10.2 Å². The van der Waals surface area contributed by atoms with Gasteiger partial charge in [-0.05, 0) is 39.0 Å². The Labute approximate surface area is 111 Å². The summed E-state index contributed by atoms with van der Waals surface area (Å²) < 4.78 is 0. The minimum Gasteiger partial charge on any atom is -0.341 e. The van der Waals surface area contributed by atoms with Crippen LogP contribution in [0.25, 0.3) is 0 Å². The molecule has 1 amide bonds. The Balaban J connectivity index is 1.72. The average molecular weight is 252 g/mol. The van der Waals surface area contributed by atoms with Gasteiger partial charge in [0.15, 0.2) is 0 Å². The fourth-order valence-electron chi connectivity index (χ4n) is 3.50. The lowest BCUT2D eigenvalue weighted by Crippen LogP contribution is -2.46. The van der Waals surface area contributed by atoms with Gasteiger partial charge in [0, 0.05) is 31.6 Å². The Morgan fingerprint density at radius 3 is 2.56 bits per heavy atom. The van der Waals surface area contributed by atoms with Crippen molar-refractivity contribution in [2.75, 3.05) is 13.1 Å². The van der Waals surface area contributed by atoms with Gasteiger partial charge in [0.05, 0.1) is 0 Å². The smallest absolute Gasteiger partial charge is 0.222 e. The highest BCUT2D eigenvalue weighted by atomic mass is 16.2. The zero-order valence-electron chi connectivity index (χ0n) is 12.0. The van der Waals surface area contributed by atoms with Crippen LogP contribution < -0.4 is 5.32 Å². The van der Waals surface area contributed by atoms with Gasteiger partial charge in [-0.15, -0.1) is 0 Å². The maximum absolute atomic E-state index is 11.6. The van der Waals surface area contributed by atoms with Crippen LogP contribution in [0.1, 0.15) is 58.8 Å². The van der Waals surface area contributed by atoms with Gasteiger partial charge in [0.2, 0.25) is 5.91 Å². The summed E-state index contributed by atoms with van der Waals surface area (Å²) in [6, 6.07) is 1.02. The fraction of sp³-hybridized carbons (Fsp3) is 0.933. The number of rotatable bonds is 5. The summed E-state index contributed by atoms with van der Waals surface area (Å²) in [5, 5.41) is 3.70. The van der Waals surface area contributed by atoms with E-state index in [1.165, 1.54) is 32.1 Å². The Bertz CT molecular complexity index is 274. The lowest BCUT2D eigenvalue weighted by Gasteiger charge is -2.32. The number of hydrogen-bond donors (Lipinski definition) is 1. The van der Waals surface area contributed by atoms with Crippen molar-refractivity contribution in [2.45, 2.75) is 70.9 Å². The maximum Gasteiger partial charge on any atom is 0.222 e. The monoisotopic (exact) mass is 252 g/mol. The second-order valence-electron chi connectivity index (χ2n) is 6.20.